The van der Waals surface area contributed by atoms with E-state index in [0.717, 1.165) is 11.1 Å². The monoisotopic (exact) mass is 315 g/mol. The van der Waals surface area contributed by atoms with Crippen LogP contribution in [-0.2, 0) is 0 Å². The third-order valence-electron chi connectivity index (χ3n) is 4.07. The summed E-state index contributed by atoms with van der Waals surface area (Å²) in [6, 6.07) is 23.2. The molecule has 3 aromatic rings. The fourth-order valence-electron chi connectivity index (χ4n) is 3.00. The van der Waals surface area contributed by atoms with E-state index in [2.05, 4.69) is 5.32 Å². The summed E-state index contributed by atoms with van der Waals surface area (Å²) in [7, 11) is 0. The first-order chi connectivity index (χ1) is 11.7. The number of carbonyl (C=O) groups excluding carboxylic acids is 1. The minimum absolute atomic E-state index is 0.0179. The molecule has 4 rings (SSSR count). The highest BCUT2D eigenvalue weighted by molar-refractivity contribution is 6.40. The van der Waals surface area contributed by atoms with Gasteiger partial charge in [0, 0.05) is 16.8 Å². The second kappa shape index (κ2) is 5.78. The molecule has 2 nitrogen and oxygen atoms in total. The molecule has 0 amide bonds. The molecule has 1 N–H and O–H groups in total. The van der Waals surface area contributed by atoms with Gasteiger partial charge in [0.1, 0.15) is 5.82 Å². The lowest BCUT2D eigenvalue weighted by Crippen LogP contribution is -2.01. The molecule has 0 aliphatic heterocycles. The zero-order valence-electron chi connectivity index (χ0n) is 12.8. The van der Waals surface area contributed by atoms with Crippen molar-refractivity contribution in [3.63, 3.8) is 0 Å². The van der Waals surface area contributed by atoms with Gasteiger partial charge in [-0.15, -0.1) is 0 Å². The van der Waals surface area contributed by atoms with Gasteiger partial charge in [0.2, 0.25) is 0 Å². The molecule has 24 heavy (non-hydrogen) atoms. The summed E-state index contributed by atoms with van der Waals surface area (Å²) >= 11 is 0. The van der Waals surface area contributed by atoms with Crippen molar-refractivity contribution in [1.29, 1.82) is 0 Å². The first-order valence-electron chi connectivity index (χ1n) is 7.70. The Labute approximate surface area is 139 Å². The van der Waals surface area contributed by atoms with Gasteiger partial charge in [0.25, 0.3) is 0 Å². The lowest BCUT2D eigenvalue weighted by atomic mass is 10.0. The number of nitrogens with one attached hydrogen (secondary N) is 1. The molecular formula is C21H14FNO. The van der Waals surface area contributed by atoms with Crippen molar-refractivity contribution in [2.24, 2.45) is 0 Å². The van der Waals surface area contributed by atoms with Crippen LogP contribution in [0.4, 0.5) is 10.1 Å². The first kappa shape index (κ1) is 14.4. The minimum atomic E-state index is -0.320. The van der Waals surface area contributed by atoms with Gasteiger partial charge in [0.15, 0.2) is 5.78 Å². The molecule has 116 valence electrons. The molecule has 0 aromatic heterocycles. The number of hydrogen-bond acceptors (Lipinski definition) is 2. The number of fused-ring (bicyclic) bond motifs is 1. The average Bonchev–Trinajstić information content (AvgIpc) is 2.88. The van der Waals surface area contributed by atoms with Gasteiger partial charge < -0.3 is 5.32 Å². The predicted octanol–water partition coefficient (Wildman–Crippen LogP) is 5.00. The van der Waals surface area contributed by atoms with Crippen molar-refractivity contribution in [3.8, 4) is 0 Å². The number of Topliss-reactive ketones (excluding diaryl/α,β-unsaturated/α-hetero) is 1. The van der Waals surface area contributed by atoms with Crippen LogP contribution < -0.4 is 5.32 Å². The maximum absolute atomic E-state index is 13.5. The lowest BCUT2D eigenvalue weighted by molar-refractivity contribution is 0.105. The molecule has 0 heterocycles. The highest BCUT2D eigenvalue weighted by atomic mass is 19.1. The zero-order valence-corrected chi connectivity index (χ0v) is 12.8. The largest absolute Gasteiger partial charge is 0.354 e. The number of rotatable bonds is 3. The van der Waals surface area contributed by atoms with E-state index < -0.39 is 0 Å². The molecule has 0 bridgehead atoms. The number of ketones is 1. The Morgan fingerprint density at radius 2 is 1.46 bits per heavy atom. The van der Waals surface area contributed by atoms with Crippen molar-refractivity contribution < 1.29 is 9.18 Å². The molecule has 0 saturated heterocycles. The van der Waals surface area contributed by atoms with Gasteiger partial charge in [-0.05, 0) is 23.8 Å². The maximum atomic E-state index is 13.5. The van der Waals surface area contributed by atoms with Gasteiger partial charge in [-0.1, -0.05) is 60.7 Å². The number of benzene rings is 3. The van der Waals surface area contributed by atoms with Gasteiger partial charge >= 0.3 is 0 Å². The summed E-state index contributed by atoms with van der Waals surface area (Å²) in [6.07, 6.45) is 0. The van der Waals surface area contributed by atoms with Crippen molar-refractivity contribution in [3.05, 3.63) is 101 Å². The second-order valence-corrected chi connectivity index (χ2v) is 5.63. The maximum Gasteiger partial charge on any atom is 0.196 e. The third kappa shape index (κ3) is 2.40. The molecule has 0 atom stereocenters. The topological polar surface area (TPSA) is 29.1 Å². The Kier molecular flexibility index (Phi) is 3.47. The summed E-state index contributed by atoms with van der Waals surface area (Å²) in [6.45, 7) is 0. The molecule has 0 radical (unpaired) electrons. The standard InChI is InChI=1S/C21H14FNO/c22-15-9-6-10-16(13-15)23-20-17-11-4-5-12-18(17)21(24)19(20)14-7-2-1-3-8-14/h1-13,23H. The summed E-state index contributed by atoms with van der Waals surface area (Å²) in [5.74, 6) is -0.338. The molecule has 1 aliphatic rings. The summed E-state index contributed by atoms with van der Waals surface area (Å²) in [5, 5.41) is 3.24. The molecule has 3 aromatic carbocycles. The van der Waals surface area contributed by atoms with Crippen LogP contribution in [0.5, 0.6) is 0 Å². The first-order valence-corrected chi connectivity index (χ1v) is 7.70. The van der Waals surface area contributed by atoms with Crippen LogP contribution in [0.3, 0.4) is 0 Å². The Bertz CT molecular complexity index is 960. The number of anilines is 1. The summed E-state index contributed by atoms with van der Waals surface area (Å²) in [5.41, 5.74) is 4.29. The Morgan fingerprint density at radius 3 is 2.21 bits per heavy atom. The van der Waals surface area contributed by atoms with E-state index in [1.807, 2.05) is 54.6 Å². The van der Waals surface area contributed by atoms with Crippen LogP contribution in [0.2, 0.25) is 0 Å². The van der Waals surface area contributed by atoms with Crippen LogP contribution >= 0.6 is 0 Å². The second-order valence-electron chi connectivity index (χ2n) is 5.63. The average molecular weight is 315 g/mol. The molecule has 3 heteroatoms. The van der Waals surface area contributed by atoms with E-state index in [0.29, 0.717) is 22.5 Å². The molecule has 0 spiro atoms. The SMILES string of the molecule is O=C1C(c2ccccc2)=C(Nc2cccc(F)c2)c2ccccc21. The van der Waals surface area contributed by atoms with Gasteiger partial charge in [0.05, 0.1) is 11.3 Å². The van der Waals surface area contributed by atoms with E-state index in [1.165, 1.54) is 12.1 Å². The minimum Gasteiger partial charge on any atom is -0.354 e. The van der Waals surface area contributed by atoms with Crippen molar-refractivity contribution in [2.45, 2.75) is 0 Å². The normalized spacial score (nSPS) is 13.1. The Hall–Kier alpha value is -3.20. The fraction of sp³-hybridized carbons (Fsp3) is 0. The molecular weight excluding hydrogens is 301 g/mol. The van der Waals surface area contributed by atoms with Crippen molar-refractivity contribution in [1.82, 2.24) is 0 Å². The lowest BCUT2D eigenvalue weighted by Gasteiger charge is -2.11. The van der Waals surface area contributed by atoms with Crippen molar-refractivity contribution >= 4 is 22.7 Å². The zero-order chi connectivity index (χ0) is 16.5. The highest BCUT2D eigenvalue weighted by Gasteiger charge is 2.30. The Morgan fingerprint density at radius 1 is 0.750 bits per heavy atom. The van der Waals surface area contributed by atoms with Crippen LogP contribution in [-0.4, -0.2) is 5.78 Å². The van der Waals surface area contributed by atoms with E-state index in [9.17, 15) is 9.18 Å². The molecule has 1 aliphatic carbocycles. The van der Waals surface area contributed by atoms with E-state index in [4.69, 9.17) is 0 Å². The van der Waals surface area contributed by atoms with E-state index in [-0.39, 0.29) is 11.6 Å². The van der Waals surface area contributed by atoms with Crippen LogP contribution in [0.25, 0.3) is 11.3 Å². The van der Waals surface area contributed by atoms with Crippen LogP contribution in [0.1, 0.15) is 21.5 Å². The molecule has 0 saturated carbocycles. The van der Waals surface area contributed by atoms with Gasteiger partial charge in [-0.2, -0.15) is 0 Å². The molecule has 0 unspecified atom stereocenters. The molecule has 0 fully saturated rings. The van der Waals surface area contributed by atoms with E-state index in [1.54, 1.807) is 12.1 Å². The fourth-order valence-corrected chi connectivity index (χ4v) is 3.00. The van der Waals surface area contributed by atoms with Crippen LogP contribution in [0.15, 0.2) is 78.9 Å². The van der Waals surface area contributed by atoms with Gasteiger partial charge in [-0.3, -0.25) is 4.79 Å². The Balaban J connectivity index is 1.89. The van der Waals surface area contributed by atoms with Crippen molar-refractivity contribution in [2.75, 3.05) is 5.32 Å². The number of allylic oxidation sites excluding steroid dienone is 1. The number of halogens is 1. The van der Waals surface area contributed by atoms with Crippen LogP contribution in [0, 0.1) is 5.82 Å². The summed E-state index contributed by atoms with van der Waals surface area (Å²) in [4.78, 5) is 12.9. The smallest absolute Gasteiger partial charge is 0.196 e. The third-order valence-corrected chi connectivity index (χ3v) is 4.07. The highest BCUT2D eigenvalue weighted by Crippen LogP contribution is 2.38. The number of carbonyl (C=O) groups is 1. The number of hydrogen-bond donors (Lipinski definition) is 1. The quantitative estimate of drug-likeness (QED) is 0.736. The predicted molar refractivity (Wildman–Crippen MR) is 94.1 cm³/mol. The van der Waals surface area contributed by atoms with E-state index >= 15 is 0 Å². The van der Waals surface area contributed by atoms with Gasteiger partial charge in [-0.25, -0.2) is 4.39 Å². The summed E-state index contributed by atoms with van der Waals surface area (Å²) < 4.78 is 13.5.